The molecule has 0 amide bonds. The van der Waals surface area contributed by atoms with E-state index in [0.29, 0.717) is 0 Å². The van der Waals surface area contributed by atoms with Crippen LogP contribution in [0, 0.1) is 11.8 Å². The van der Waals surface area contributed by atoms with E-state index in [4.69, 9.17) is 0 Å². The number of hydrogen-bond donors (Lipinski definition) is 0. The van der Waals surface area contributed by atoms with E-state index in [9.17, 15) is 0 Å². The molecule has 0 aromatic carbocycles. The summed E-state index contributed by atoms with van der Waals surface area (Å²) in [5.74, 6) is 5.79. The van der Waals surface area contributed by atoms with E-state index >= 15 is 0 Å². The second-order valence-corrected chi connectivity index (χ2v) is 2.37. The molecule has 0 bridgehead atoms. The van der Waals surface area contributed by atoms with Crippen LogP contribution in [0.1, 0.15) is 19.8 Å². The van der Waals surface area contributed by atoms with Gasteiger partial charge in [0.15, 0.2) is 0 Å². The van der Waals surface area contributed by atoms with Gasteiger partial charge in [-0.15, -0.1) is 5.92 Å². The predicted molar refractivity (Wildman–Crippen MR) is 45.6 cm³/mol. The summed E-state index contributed by atoms with van der Waals surface area (Å²) in [5, 5.41) is 1.04. The van der Waals surface area contributed by atoms with Crippen LogP contribution in [0.25, 0.3) is 0 Å². The van der Waals surface area contributed by atoms with Crippen molar-refractivity contribution in [1.29, 1.82) is 0 Å². The molecule has 0 nitrogen and oxygen atoms in total. The maximum atomic E-state index is 3.33. The van der Waals surface area contributed by atoms with Gasteiger partial charge in [-0.3, -0.25) is 0 Å². The zero-order valence-electron chi connectivity index (χ0n) is 5.65. The summed E-state index contributed by atoms with van der Waals surface area (Å²) < 4.78 is 0. The third-order valence-corrected chi connectivity index (χ3v) is 1.30. The maximum absolute atomic E-state index is 3.33. The van der Waals surface area contributed by atoms with E-state index in [0.717, 1.165) is 18.2 Å². The molecule has 50 valence electrons. The van der Waals surface area contributed by atoms with Gasteiger partial charge in [-0.1, -0.05) is 34.0 Å². The van der Waals surface area contributed by atoms with Crippen LogP contribution in [0.2, 0.25) is 0 Å². The number of alkyl halides is 1. The lowest BCUT2D eigenvalue weighted by molar-refractivity contribution is 1.24. The van der Waals surface area contributed by atoms with Crippen LogP contribution in [-0.2, 0) is 0 Å². The predicted octanol–water partition coefficient (Wildman–Crippen LogP) is 2.74. The Morgan fingerprint density at radius 3 is 2.78 bits per heavy atom. The summed E-state index contributed by atoms with van der Waals surface area (Å²) >= 11 is 3.33. The van der Waals surface area contributed by atoms with Crippen molar-refractivity contribution >= 4 is 15.9 Å². The number of halogens is 1. The molecule has 0 atom stereocenters. The Bertz CT molecular complexity index is 125. The highest BCUT2D eigenvalue weighted by Gasteiger charge is 1.71. The van der Waals surface area contributed by atoms with Gasteiger partial charge >= 0.3 is 0 Å². The Kier molecular flexibility index (Phi) is 7.59. The van der Waals surface area contributed by atoms with Gasteiger partial charge in [-0.25, -0.2) is 0 Å². The van der Waals surface area contributed by atoms with E-state index in [-0.39, 0.29) is 0 Å². The highest BCUT2D eigenvalue weighted by molar-refractivity contribution is 9.09. The third-order valence-electron chi connectivity index (χ3n) is 0.839. The number of allylic oxidation sites excluding steroid dienone is 2. The van der Waals surface area contributed by atoms with Crippen LogP contribution in [0.4, 0.5) is 0 Å². The molecule has 9 heavy (non-hydrogen) atoms. The molecule has 1 heteroatoms. The topological polar surface area (TPSA) is 0 Å². The highest BCUT2D eigenvalue weighted by atomic mass is 79.9. The van der Waals surface area contributed by atoms with Crippen LogP contribution in [0.15, 0.2) is 12.2 Å². The van der Waals surface area contributed by atoms with Gasteiger partial charge in [0.05, 0.1) is 0 Å². The molecule has 0 unspecified atom stereocenters. The van der Waals surface area contributed by atoms with Crippen molar-refractivity contribution < 1.29 is 0 Å². The standard InChI is InChI=1S/C8H11Br/c1-2-3-4-5-6-7-8-9/h5-6H,4,7-8H2,1H3. The molecule has 0 N–H and O–H groups in total. The highest BCUT2D eigenvalue weighted by Crippen LogP contribution is 1.90. The Hall–Kier alpha value is -0.220. The molecular weight excluding hydrogens is 176 g/mol. The first-order chi connectivity index (χ1) is 4.41. The molecule has 0 spiro atoms. The molecule has 0 aliphatic heterocycles. The molecule has 0 rings (SSSR count). The van der Waals surface area contributed by atoms with Crippen molar-refractivity contribution in [2.24, 2.45) is 0 Å². The average Bonchev–Trinajstić information content (AvgIpc) is 1.89. The van der Waals surface area contributed by atoms with Crippen molar-refractivity contribution in [3.8, 4) is 11.8 Å². The van der Waals surface area contributed by atoms with Crippen LogP contribution >= 0.6 is 15.9 Å². The summed E-state index contributed by atoms with van der Waals surface area (Å²) in [7, 11) is 0. The second-order valence-electron chi connectivity index (χ2n) is 1.58. The van der Waals surface area contributed by atoms with E-state index in [1.165, 1.54) is 0 Å². The average molecular weight is 187 g/mol. The van der Waals surface area contributed by atoms with E-state index in [1.807, 2.05) is 6.92 Å². The van der Waals surface area contributed by atoms with E-state index in [2.05, 4.69) is 39.9 Å². The molecule has 0 aliphatic carbocycles. The fraction of sp³-hybridized carbons (Fsp3) is 0.500. The molecule has 0 heterocycles. The molecule has 0 aliphatic rings. The molecule has 0 aromatic rings. The lowest BCUT2D eigenvalue weighted by atomic mass is 10.3. The van der Waals surface area contributed by atoms with Crippen LogP contribution in [-0.4, -0.2) is 5.33 Å². The largest absolute Gasteiger partial charge is 0.106 e. The molecule has 0 aromatic heterocycles. The fourth-order valence-corrected chi connectivity index (χ4v) is 0.689. The zero-order valence-corrected chi connectivity index (χ0v) is 7.24. The van der Waals surface area contributed by atoms with Gasteiger partial charge in [-0.05, 0) is 13.3 Å². The van der Waals surface area contributed by atoms with Gasteiger partial charge < -0.3 is 0 Å². The van der Waals surface area contributed by atoms with Crippen LogP contribution in [0.5, 0.6) is 0 Å². The molecule has 0 radical (unpaired) electrons. The summed E-state index contributed by atoms with van der Waals surface area (Å²) in [6.45, 7) is 1.86. The Labute approximate surface area is 65.5 Å². The minimum atomic E-state index is 0.892. The monoisotopic (exact) mass is 186 g/mol. The Morgan fingerprint density at radius 2 is 2.22 bits per heavy atom. The first-order valence-electron chi connectivity index (χ1n) is 3.02. The summed E-state index contributed by atoms with van der Waals surface area (Å²) in [6, 6.07) is 0. The zero-order chi connectivity index (χ0) is 6.95. The summed E-state index contributed by atoms with van der Waals surface area (Å²) in [5.41, 5.74) is 0. The minimum absolute atomic E-state index is 0.892. The lowest BCUT2D eigenvalue weighted by Crippen LogP contribution is -1.64. The minimum Gasteiger partial charge on any atom is -0.106 e. The smallest absolute Gasteiger partial charge is 0.0269 e. The molecule has 0 fully saturated rings. The van der Waals surface area contributed by atoms with E-state index < -0.39 is 0 Å². The quantitative estimate of drug-likeness (QED) is 0.362. The van der Waals surface area contributed by atoms with Gasteiger partial charge in [0.1, 0.15) is 0 Å². The lowest BCUT2D eigenvalue weighted by Gasteiger charge is -1.79. The van der Waals surface area contributed by atoms with Crippen LogP contribution < -0.4 is 0 Å². The van der Waals surface area contributed by atoms with Gasteiger partial charge in [0, 0.05) is 11.8 Å². The molecule has 0 saturated carbocycles. The molecular formula is C8H11Br. The fourth-order valence-electron chi connectivity index (χ4n) is 0.425. The maximum Gasteiger partial charge on any atom is 0.0269 e. The summed E-state index contributed by atoms with van der Waals surface area (Å²) in [6.07, 6.45) is 6.23. The first-order valence-corrected chi connectivity index (χ1v) is 4.14. The van der Waals surface area contributed by atoms with Crippen molar-refractivity contribution in [1.82, 2.24) is 0 Å². The SMILES string of the molecule is CC#CCC=CCCBr. The molecule has 0 saturated heterocycles. The van der Waals surface area contributed by atoms with Crippen molar-refractivity contribution in [2.45, 2.75) is 19.8 Å². The summed E-state index contributed by atoms with van der Waals surface area (Å²) in [4.78, 5) is 0. The normalized spacial score (nSPS) is 9.11. The van der Waals surface area contributed by atoms with Gasteiger partial charge in [0.2, 0.25) is 0 Å². The van der Waals surface area contributed by atoms with E-state index in [1.54, 1.807) is 0 Å². The van der Waals surface area contributed by atoms with Gasteiger partial charge in [0.25, 0.3) is 0 Å². The van der Waals surface area contributed by atoms with Crippen LogP contribution in [0.3, 0.4) is 0 Å². The van der Waals surface area contributed by atoms with Gasteiger partial charge in [-0.2, -0.15) is 0 Å². The Balaban J connectivity index is 3.11. The van der Waals surface area contributed by atoms with Crippen molar-refractivity contribution in [3.63, 3.8) is 0 Å². The Morgan fingerprint density at radius 1 is 1.44 bits per heavy atom. The first kappa shape index (κ1) is 8.78. The van der Waals surface area contributed by atoms with Crippen molar-refractivity contribution in [3.05, 3.63) is 12.2 Å². The number of rotatable bonds is 3. The van der Waals surface area contributed by atoms with Crippen molar-refractivity contribution in [2.75, 3.05) is 5.33 Å². The third kappa shape index (κ3) is 7.78. The second kappa shape index (κ2) is 7.78. The number of hydrogen-bond acceptors (Lipinski definition) is 0.